The third-order valence-electron chi connectivity index (χ3n) is 8.66. The smallest absolute Gasteiger partial charge is 0.0494 e. The summed E-state index contributed by atoms with van der Waals surface area (Å²) >= 11 is 0. The first-order valence-electron chi connectivity index (χ1n) is 9.08. The zero-order valence-corrected chi connectivity index (χ0v) is 20.8. The molecule has 0 unspecified atom stereocenters. The fourth-order valence-corrected chi connectivity index (χ4v) is 80.6. The molecule has 0 nitrogen and oxygen atoms in total. The second-order valence-electron chi connectivity index (χ2n) is 10.2. The molecule has 0 radical (unpaired) electrons. The van der Waals surface area contributed by atoms with Crippen molar-refractivity contribution in [2.24, 2.45) is 0 Å². The van der Waals surface area contributed by atoms with Gasteiger partial charge in [-0.25, -0.2) is 0 Å². The second-order valence-corrected chi connectivity index (χ2v) is 49.6. The first kappa shape index (κ1) is 18.7. The maximum absolute atomic E-state index is 2.85. The van der Waals surface area contributed by atoms with Gasteiger partial charge in [0.2, 0.25) is 0 Å². The highest BCUT2D eigenvalue weighted by molar-refractivity contribution is 7.83. The van der Waals surface area contributed by atoms with E-state index in [0.29, 0.717) is 0 Å². The molecule has 0 saturated heterocycles. The third-order valence-corrected chi connectivity index (χ3v) is 77.0. The molecule has 2 aliphatic heterocycles. The van der Waals surface area contributed by atoms with Crippen molar-refractivity contribution >= 4 is 29.4 Å². The van der Waals surface area contributed by atoms with E-state index in [1.165, 1.54) is 24.2 Å². The summed E-state index contributed by atoms with van der Waals surface area (Å²) in [6, 6.07) is 6.13. The Kier molecular flexibility index (Phi) is 4.61. The highest BCUT2D eigenvalue weighted by Crippen LogP contribution is 2.50. The Morgan fingerprint density at radius 2 is 0.727 bits per heavy atom. The molecule has 2 aliphatic rings. The van der Waals surface area contributed by atoms with E-state index in [9.17, 15) is 0 Å². The summed E-state index contributed by atoms with van der Waals surface area (Å²) in [6.07, 6.45) is 0. The average molecular weight is 367 g/mol. The lowest BCUT2D eigenvalue weighted by molar-refractivity contribution is 1.28. The molecule has 22 heavy (non-hydrogen) atoms. The topological polar surface area (TPSA) is 0 Å². The van der Waals surface area contributed by atoms with Gasteiger partial charge < -0.3 is 0 Å². The Bertz CT molecular complexity index is 473. The van der Waals surface area contributed by atoms with Gasteiger partial charge in [-0.2, -0.15) is 0 Å². The molecule has 0 spiro atoms. The molecule has 0 aromatic carbocycles. The van der Waals surface area contributed by atoms with Crippen LogP contribution in [0.3, 0.4) is 0 Å². The van der Waals surface area contributed by atoms with Gasteiger partial charge in [0.25, 0.3) is 0 Å². The minimum Gasteiger partial charge on any atom is -0.0775 e. The van der Waals surface area contributed by atoms with E-state index in [0.717, 1.165) is 0 Å². The van der Waals surface area contributed by atoms with Crippen LogP contribution >= 0.6 is 0 Å². The molecular weight excluding hydrogens is 329 g/mol. The number of allylic oxidation sites excluding steroid dienone is 4. The summed E-state index contributed by atoms with van der Waals surface area (Å²) in [5.74, 6) is 0. The summed E-state index contributed by atoms with van der Waals surface area (Å²) in [4.78, 5) is 0. The zero-order chi connectivity index (χ0) is 17.1. The summed E-state index contributed by atoms with van der Waals surface area (Å²) < 4.78 is 0. The Morgan fingerprint density at radius 3 is 0.909 bits per heavy atom. The molecular formula is C18H38Si4. The van der Waals surface area contributed by atoms with Gasteiger partial charge in [0, 0.05) is 29.4 Å². The maximum Gasteiger partial charge on any atom is 0.0494 e. The van der Waals surface area contributed by atoms with Crippen molar-refractivity contribution in [1.29, 1.82) is 0 Å². The van der Waals surface area contributed by atoms with Gasteiger partial charge in [0.1, 0.15) is 0 Å². The predicted molar refractivity (Wildman–Crippen MR) is 114 cm³/mol. The van der Waals surface area contributed by atoms with Gasteiger partial charge in [-0.15, -0.1) is 0 Å². The minimum atomic E-state index is -1.13. The zero-order valence-electron chi connectivity index (χ0n) is 16.8. The number of hydrogen-bond acceptors (Lipinski definition) is 0. The molecule has 0 fully saturated rings. The number of rotatable bonds is 3. The van der Waals surface area contributed by atoms with Crippen LogP contribution in [0.15, 0.2) is 22.3 Å². The van der Waals surface area contributed by atoms with Crippen molar-refractivity contribution in [1.82, 2.24) is 0 Å². The van der Waals surface area contributed by atoms with Gasteiger partial charge in [0.05, 0.1) is 0 Å². The Balaban J connectivity index is 2.37. The van der Waals surface area contributed by atoms with Crippen molar-refractivity contribution < 1.29 is 0 Å². The molecule has 4 heteroatoms. The quantitative estimate of drug-likeness (QED) is 0.395. The molecule has 0 atom stereocenters. The molecule has 126 valence electrons. The third kappa shape index (κ3) is 2.49. The highest BCUT2D eigenvalue weighted by atomic mass is 29.8. The lowest BCUT2D eigenvalue weighted by atomic mass is 10.2. The highest BCUT2D eigenvalue weighted by Gasteiger charge is 2.62. The Hall–Kier alpha value is 0.348. The lowest BCUT2D eigenvalue weighted by Crippen LogP contribution is -2.79. The van der Waals surface area contributed by atoms with Crippen LogP contribution in [0.1, 0.15) is 27.7 Å². The fraction of sp³-hybridized carbons (Fsp3) is 0.778. The first-order chi connectivity index (χ1) is 9.77. The fourth-order valence-electron chi connectivity index (χ4n) is 5.46. The Morgan fingerprint density at radius 1 is 0.545 bits per heavy atom. The summed E-state index contributed by atoms with van der Waals surface area (Å²) in [6.45, 7) is 26.7. The van der Waals surface area contributed by atoms with Crippen molar-refractivity contribution in [2.75, 3.05) is 0 Å². The minimum absolute atomic E-state index is 1.09. The van der Waals surface area contributed by atoms with Gasteiger partial charge in [-0.05, 0) is 51.9 Å². The molecule has 0 bridgehead atoms. The average Bonchev–Trinajstić information content (AvgIpc) is 2.78. The van der Waals surface area contributed by atoms with E-state index >= 15 is 0 Å². The SMILES string of the molecule is CC1=C(C)C[Si](C)([Si](C)(C)[Si](C)(C)[Si]2(C)CC(C)=C(C)C2)C1. The maximum atomic E-state index is 2.85. The van der Waals surface area contributed by atoms with E-state index in [-0.39, 0.29) is 0 Å². The van der Waals surface area contributed by atoms with Crippen molar-refractivity contribution in [3.8, 4) is 0 Å². The molecule has 2 heterocycles. The van der Waals surface area contributed by atoms with E-state index in [4.69, 9.17) is 0 Å². The van der Waals surface area contributed by atoms with Crippen LogP contribution in [0.2, 0.25) is 63.5 Å². The van der Waals surface area contributed by atoms with E-state index in [1.54, 1.807) is 22.3 Å². The predicted octanol–water partition coefficient (Wildman–Crippen LogP) is 6.50. The lowest BCUT2D eigenvalue weighted by Gasteiger charge is -2.55. The largest absolute Gasteiger partial charge is 0.0775 e. The molecule has 0 aliphatic carbocycles. The molecule has 0 saturated carbocycles. The van der Waals surface area contributed by atoms with Crippen molar-refractivity contribution in [3.05, 3.63) is 22.3 Å². The van der Waals surface area contributed by atoms with Crippen LogP contribution in [0.25, 0.3) is 0 Å². The van der Waals surface area contributed by atoms with E-state index < -0.39 is 29.4 Å². The number of hydrogen-bond donors (Lipinski definition) is 0. The molecule has 0 aromatic rings. The van der Waals surface area contributed by atoms with Crippen LogP contribution in [0.5, 0.6) is 0 Å². The van der Waals surface area contributed by atoms with Crippen molar-refractivity contribution in [3.63, 3.8) is 0 Å². The normalized spacial score (nSPS) is 25.4. The van der Waals surface area contributed by atoms with E-state index in [2.05, 4.69) is 67.0 Å². The van der Waals surface area contributed by atoms with Crippen LogP contribution in [-0.4, -0.2) is 29.4 Å². The summed E-state index contributed by atoms with van der Waals surface area (Å²) in [5, 5.41) is 0. The molecule has 2 rings (SSSR count). The van der Waals surface area contributed by atoms with Crippen LogP contribution < -0.4 is 0 Å². The monoisotopic (exact) mass is 366 g/mol. The van der Waals surface area contributed by atoms with E-state index in [1.807, 2.05) is 0 Å². The molecule has 0 N–H and O–H groups in total. The Labute approximate surface area is 142 Å². The standard InChI is InChI=1S/C18H38Si4/c1-15-11-21(9,12-16(15)2)19(5,6)20(7,8)22(10)13-17(3)18(4)14-22/h11-14H2,1-10H3. The van der Waals surface area contributed by atoms with Gasteiger partial charge in [-0.1, -0.05) is 61.6 Å². The van der Waals surface area contributed by atoms with Crippen LogP contribution in [0.4, 0.5) is 0 Å². The van der Waals surface area contributed by atoms with Gasteiger partial charge >= 0.3 is 0 Å². The van der Waals surface area contributed by atoms with Crippen LogP contribution in [0, 0.1) is 0 Å². The first-order valence-corrected chi connectivity index (χ1v) is 23.9. The summed E-state index contributed by atoms with van der Waals surface area (Å²) in [5.41, 5.74) is 7.07. The second kappa shape index (κ2) is 5.43. The molecule has 0 amide bonds. The molecule has 0 aromatic heterocycles. The van der Waals surface area contributed by atoms with Crippen molar-refractivity contribution in [2.45, 2.75) is 91.2 Å². The van der Waals surface area contributed by atoms with Gasteiger partial charge in [-0.3, -0.25) is 0 Å². The van der Waals surface area contributed by atoms with Crippen LogP contribution in [-0.2, 0) is 0 Å². The van der Waals surface area contributed by atoms with Gasteiger partial charge in [0.15, 0.2) is 0 Å². The summed E-state index contributed by atoms with van der Waals surface area (Å²) in [7, 11) is -4.44.